The van der Waals surface area contributed by atoms with Crippen molar-refractivity contribution in [2.24, 2.45) is 7.05 Å². The maximum absolute atomic E-state index is 12.6. The first-order chi connectivity index (χ1) is 13.2. The number of carbonyl (C=O) groups is 2. The molecule has 0 unspecified atom stereocenters. The largest absolute Gasteiger partial charge is 0.305 e. The van der Waals surface area contributed by atoms with Crippen molar-refractivity contribution in [2.45, 2.75) is 27.7 Å². The lowest BCUT2D eigenvalue weighted by Gasteiger charge is -2.06. The Bertz CT molecular complexity index is 1030. The highest BCUT2D eigenvalue weighted by molar-refractivity contribution is 6.07. The minimum Gasteiger partial charge on any atom is -0.305 e. The van der Waals surface area contributed by atoms with Gasteiger partial charge in [0.2, 0.25) is 0 Å². The van der Waals surface area contributed by atoms with Crippen LogP contribution < -0.4 is 10.6 Å². The van der Waals surface area contributed by atoms with E-state index in [4.69, 9.17) is 0 Å². The van der Waals surface area contributed by atoms with Crippen molar-refractivity contribution in [3.63, 3.8) is 0 Å². The molecule has 0 bridgehead atoms. The zero-order valence-corrected chi connectivity index (χ0v) is 16.5. The second-order valence-electron chi connectivity index (χ2n) is 6.79. The molecule has 28 heavy (non-hydrogen) atoms. The van der Waals surface area contributed by atoms with Gasteiger partial charge in [-0.1, -0.05) is 0 Å². The molecular formula is C20H22N6O2. The number of nitrogens with zero attached hydrogens (tertiary/aromatic N) is 4. The predicted octanol–water partition coefficient (Wildman–Crippen LogP) is 2.95. The smallest absolute Gasteiger partial charge is 0.277 e. The quantitative estimate of drug-likeness (QED) is 0.727. The molecule has 0 spiro atoms. The molecule has 8 heteroatoms. The minimum atomic E-state index is -0.434. The summed E-state index contributed by atoms with van der Waals surface area (Å²) in [6, 6.07) is 8.83. The molecule has 0 saturated carbocycles. The Kier molecular flexibility index (Phi) is 5.21. The van der Waals surface area contributed by atoms with Gasteiger partial charge >= 0.3 is 0 Å². The zero-order chi connectivity index (χ0) is 20.4. The van der Waals surface area contributed by atoms with E-state index >= 15 is 0 Å². The number of carbonyl (C=O) groups excluding carboxylic acids is 2. The SMILES string of the molecule is Cc1cc(C)nc(NC(=O)c2cc(C(=O)Nc3cc(C)cc(C)n3)n(C)n2)c1. The Morgan fingerprint density at radius 2 is 1.29 bits per heavy atom. The number of pyridine rings is 2. The number of nitrogens with one attached hydrogen (secondary N) is 2. The number of aryl methyl sites for hydroxylation is 5. The first-order valence-corrected chi connectivity index (χ1v) is 8.78. The van der Waals surface area contributed by atoms with E-state index in [0.717, 1.165) is 22.5 Å². The molecule has 0 saturated heterocycles. The predicted molar refractivity (Wildman–Crippen MR) is 107 cm³/mol. The van der Waals surface area contributed by atoms with Crippen LogP contribution in [0, 0.1) is 27.7 Å². The van der Waals surface area contributed by atoms with Gasteiger partial charge < -0.3 is 10.6 Å². The van der Waals surface area contributed by atoms with Gasteiger partial charge in [0.05, 0.1) is 0 Å². The van der Waals surface area contributed by atoms with Crippen LogP contribution >= 0.6 is 0 Å². The Morgan fingerprint density at radius 1 is 0.786 bits per heavy atom. The number of aromatic nitrogens is 4. The highest BCUT2D eigenvalue weighted by Crippen LogP contribution is 2.13. The second-order valence-corrected chi connectivity index (χ2v) is 6.79. The summed E-state index contributed by atoms with van der Waals surface area (Å²) < 4.78 is 1.36. The third-order valence-electron chi connectivity index (χ3n) is 4.02. The van der Waals surface area contributed by atoms with E-state index in [1.165, 1.54) is 10.7 Å². The molecule has 2 N–H and O–H groups in total. The van der Waals surface area contributed by atoms with Gasteiger partial charge in [-0.05, 0) is 63.1 Å². The van der Waals surface area contributed by atoms with E-state index in [2.05, 4.69) is 25.7 Å². The molecule has 0 aliphatic carbocycles. The average molecular weight is 378 g/mol. The lowest BCUT2D eigenvalue weighted by molar-refractivity contribution is 0.101. The lowest BCUT2D eigenvalue weighted by Crippen LogP contribution is -2.17. The van der Waals surface area contributed by atoms with E-state index in [1.807, 2.05) is 39.8 Å². The number of anilines is 2. The van der Waals surface area contributed by atoms with Crippen molar-refractivity contribution in [3.8, 4) is 0 Å². The summed E-state index contributed by atoms with van der Waals surface area (Å²) in [6.45, 7) is 7.57. The van der Waals surface area contributed by atoms with Crippen LogP contribution in [0.4, 0.5) is 11.6 Å². The van der Waals surface area contributed by atoms with Crippen LogP contribution in [0.25, 0.3) is 0 Å². The van der Waals surface area contributed by atoms with Gasteiger partial charge in [-0.2, -0.15) is 5.10 Å². The molecule has 3 aromatic heterocycles. The van der Waals surface area contributed by atoms with E-state index < -0.39 is 11.8 Å². The van der Waals surface area contributed by atoms with Crippen LogP contribution in [0.1, 0.15) is 43.5 Å². The van der Waals surface area contributed by atoms with Crippen LogP contribution in [-0.4, -0.2) is 31.6 Å². The standard InChI is InChI=1S/C20H22N6O2/c1-11-6-13(3)21-17(8-11)23-19(27)15-10-16(26(5)25-15)20(28)24-18-9-12(2)7-14(4)22-18/h6-10H,1-5H3,(H,21,23,27)(H,22,24,28). The Hall–Kier alpha value is -3.55. The molecule has 3 rings (SSSR count). The Morgan fingerprint density at radius 3 is 1.79 bits per heavy atom. The maximum Gasteiger partial charge on any atom is 0.277 e. The molecule has 0 radical (unpaired) electrons. The summed E-state index contributed by atoms with van der Waals surface area (Å²) in [4.78, 5) is 33.7. The summed E-state index contributed by atoms with van der Waals surface area (Å²) in [6.07, 6.45) is 0. The number of hydrogen-bond donors (Lipinski definition) is 2. The van der Waals surface area contributed by atoms with Crippen molar-refractivity contribution >= 4 is 23.5 Å². The highest BCUT2D eigenvalue weighted by atomic mass is 16.2. The number of amides is 2. The fraction of sp³-hybridized carbons (Fsp3) is 0.250. The van der Waals surface area contributed by atoms with Gasteiger partial charge in [0.25, 0.3) is 11.8 Å². The summed E-state index contributed by atoms with van der Waals surface area (Å²) in [7, 11) is 1.61. The van der Waals surface area contributed by atoms with Gasteiger partial charge in [-0.15, -0.1) is 0 Å². The van der Waals surface area contributed by atoms with E-state index in [9.17, 15) is 9.59 Å². The van der Waals surface area contributed by atoms with Gasteiger partial charge in [0.15, 0.2) is 5.69 Å². The molecule has 3 heterocycles. The third-order valence-corrected chi connectivity index (χ3v) is 4.02. The minimum absolute atomic E-state index is 0.127. The normalized spacial score (nSPS) is 10.6. The van der Waals surface area contributed by atoms with E-state index in [-0.39, 0.29) is 11.4 Å². The van der Waals surface area contributed by atoms with Gasteiger partial charge in [0.1, 0.15) is 17.3 Å². The molecule has 0 aromatic carbocycles. The van der Waals surface area contributed by atoms with Gasteiger partial charge in [-0.3, -0.25) is 14.3 Å². The van der Waals surface area contributed by atoms with E-state index in [1.54, 1.807) is 19.2 Å². The van der Waals surface area contributed by atoms with Crippen LogP contribution in [0.3, 0.4) is 0 Å². The van der Waals surface area contributed by atoms with Gasteiger partial charge in [-0.25, -0.2) is 9.97 Å². The first kappa shape index (κ1) is 19.2. The average Bonchev–Trinajstić information content (AvgIpc) is 2.95. The highest BCUT2D eigenvalue weighted by Gasteiger charge is 2.19. The molecule has 0 fully saturated rings. The van der Waals surface area contributed by atoms with E-state index in [0.29, 0.717) is 11.6 Å². The third kappa shape index (κ3) is 4.40. The molecule has 8 nitrogen and oxygen atoms in total. The summed E-state index contributed by atoms with van der Waals surface area (Å²) in [5, 5.41) is 9.60. The van der Waals surface area contributed by atoms with Crippen molar-refractivity contribution in [3.05, 3.63) is 64.2 Å². The second kappa shape index (κ2) is 7.59. The zero-order valence-electron chi connectivity index (χ0n) is 16.5. The maximum atomic E-state index is 12.6. The summed E-state index contributed by atoms with van der Waals surface area (Å²) >= 11 is 0. The van der Waals surface area contributed by atoms with Crippen molar-refractivity contribution in [1.82, 2.24) is 19.7 Å². The molecule has 144 valence electrons. The summed E-state index contributed by atoms with van der Waals surface area (Å²) in [5.74, 6) is 0.0699. The molecule has 2 amide bonds. The molecular weight excluding hydrogens is 356 g/mol. The molecule has 0 atom stereocenters. The Balaban J connectivity index is 1.78. The fourth-order valence-corrected chi connectivity index (χ4v) is 2.96. The first-order valence-electron chi connectivity index (χ1n) is 8.78. The number of hydrogen-bond acceptors (Lipinski definition) is 5. The number of rotatable bonds is 4. The fourth-order valence-electron chi connectivity index (χ4n) is 2.96. The van der Waals surface area contributed by atoms with Crippen LogP contribution in [-0.2, 0) is 7.05 Å². The van der Waals surface area contributed by atoms with Gasteiger partial charge in [0, 0.05) is 24.5 Å². The Labute approximate surface area is 163 Å². The van der Waals surface area contributed by atoms with Crippen molar-refractivity contribution in [2.75, 3.05) is 10.6 Å². The molecule has 0 aliphatic rings. The topological polar surface area (TPSA) is 102 Å². The van der Waals surface area contributed by atoms with Crippen LogP contribution in [0.2, 0.25) is 0 Å². The van der Waals surface area contributed by atoms with Crippen LogP contribution in [0.15, 0.2) is 30.3 Å². The monoisotopic (exact) mass is 378 g/mol. The molecule has 3 aromatic rings. The molecule has 0 aliphatic heterocycles. The van der Waals surface area contributed by atoms with Crippen molar-refractivity contribution in [1.29, 1.82) is 0 Å². The van der Waals surface area contributed by atoms with Crippen molar-refractivity contribution < 1.29 is 9.59 Å². The lowest BCUT2D eigenvalue weighted by atomic mass is 10.2. The summed E-state index contributed by atoms with van der Waals surface area (Å²) in [5.41, 5.74) is 3.97. The van der Waals surface area contributed by atoms with Crippen LogP contribution in [0.5, 0.6) is 0 Å².